The van der Waals surface area contributed by atoms with Crippen molar-refractivity contribution in [1.82, 2.24) is 10.2 Å². The molecule has 0 radical (unpaired) electrons. The van der Waals surface area contributed by atoms with Crippen LogP contribution in [0.2, 0.25) is 0 Å². The summed E-state index contributed by atoms with van der Waals surface area (Å²) in [5, 5.41) is 2.98. The summed E-state index contributed by atoms with van der Waals surface area (Å²) in [6, 6.07) is 4.04. The van der Waals surface area contributed by atoms with Crippen molar-refractivity contribution in [3.05, 3.63) is 23.7 Å². The number of carbonyl (C=O) groups excluding carboxylic acids is 1. The van der Waals surface area contributed by atoms with E-state index in [0.29, 0.717) is 25.4 Å². The van der Waals surface area contributed by atoms with Crippen molar-refractivity contribution in [1.29, 1.82) is 0 Å². The van der Waals surface area contributed by atoms with Crippen LogP contribution < -0.4 is 5.32 Å². The summed E-state index contributed by atoms with van der Waals surface area (Å²) in [7, 11) is 3.67. The summed E-state index contributed by atoms with van der Waals surface area (Å²) in [6.45, 7) is 3.51. The van der Waals surface area contributed by atoms with Gasteiger partial charge in [0.15, 0.2) is 0 Å². The molecule has 0 aromatic carbocycles. The molecule has 0 aliphatic heterocycles. The standard InChI is InChI=1S/C14H22N2O2/c1-10-8-12(10)13-5-4-11(18-13)9-16(3)14(17)6-7-15-2/h4-5,10,12,15H,6-9H2,1-3H3. The number of nitrogens with one attached hydrogen (secondary N) is 1. The SMILES string of the molecule is CNCCC(=O)N(C)Cc1ccc(C2CC2C)o1. The Hall–Kier alpha value is -1.29. The molecule has 100 valence electrons. The zero-order valence-corrected chi connectivity index (χ0v) is 11.4. The van der Waals surface area contributed by atoms with Crippen LogP contribution in [0, 0.1) is 5.92 Å². The molecule has 2 unspecified atom stereocenters. The fourth-order valence-corrected chi connectivity index (χ4v) is 2.14. The molecule has 1 amide bonds. The van der Waals surface area contributed by atoms with Crippen LogP contribution in [-0.4, -0.2) is 31.4 Å². The fourth-order valence-electron chi connectivity index (χ4n) is 2.14. The summed E-state index contributed by atoms with van der Waals surface area (Å²) in [4.78, 5) is 13.5. The lowest BCUT2D eigenvalue weighted by molar-refractivity contribution is -0.130. The van der Waals surface area contributed by atoms with E-state index in [1.807, 2.05) is 20.2 Å². The lowest BCUT2D eigenvalue weighted by atomic mass is 10.3. The van der Waals surface area contributed by atoms with Gasteiger partial charge in [0.2, 0.25) is 5.91 Å². The van der Waals surface area contributed by atoms with Crippen LogP contribution in [0.3, 0.4) is 0 Å². The van der Waals surface area contributed by atoms with Crippen molar-refractivity contribution < 1.29 is 9.21 Å². The quantitative estimate of drug-likeness (QED) is 0.839. The number of hydrogen-bond acceptors (Lipinski definition) is 3. The average molecular weight is 250 g/mol. The van der Waals surface area contributed by atoms with Gasteiger partial charge in [-0.2, -0.15) is 0 Å². The van der Waals surface area contributed by atoms with Crippen molar-refractivity contribution in [3.8, 4) is 0 Å². The second-order valence-corrected chi connectivity index (χ2v) is 5.23. The number of carbonyl (C=O) groups is 1. The van der Waals surface area contributed by atoms with Crippen LogP contribution in [0.1, 0.15) is 37.2 Å². The monoisotopic (exact) mass is 250 g/mol. The van der Waals surface area contributed by atoms with Gasteiger partial charge in [0.05, 0.1) is 6.54 Å². The van der Waals surface area contributed by atoms with Crippen molar-refractivity contribution in [2.24, 2.45) is 5.92 Å². The van der Waals surface area contributed by atoms with Gasteiger partial charge in [0.1, 0.15) is 11.5 Å². The molecule has 1 aromatic heterocycles. The highest BCUT2D eigenvalue weighted by Gasteiger charge is 2.36. The first-order valence-corrected chi connectivity index (χ1v) is 6.59. The Bertz CT molecular complexity index is 414. The van der Waals surface area contributed by atoms with Crippen molar-refractivity contribution >= 4 is 5.91 Å². The zero-order chi connectivity index (χ0) is 13.1. The highest BCUT2D eigenvalue weighted by atomic mass is 16.3. The number of nitrogens with zero attached hydrogens (tertiary/aromatic N) is 1. The molecule has 2 atom stereocenters. The average Bonchev–Trinajstić information content (AvgIpc) is 2.89. The second-order valence-electron chi connectivity index (χ2n) is 5.23. The molecule has 4 nitrogen and oxygen atoms in total. The van der Waals surface area contributed by atoms with Gasteiger partial charge in [-0.1, -0.05) is 6.92 Å². The van der Waals surface area contributed by atoms with E-state index < -0.39 is 0 Å². The topological polar surface area (TPSA) is 45.5 Å². The van der Waals surface area contributed by atoms with E-state index in [2.05, 4.69) is 18.3 Å². The van der Waals surface area contributed by atoms with Gasteiger partial charge < -0.3 is 14.6 Å². The van der Waals surface area contributed by atoms with Crippen LogP contribution in [0.4, 0.5) is 0 Å². The van der Waals surface area contributed by atoms with Crippen LogP contribution in [0.5, 0.6) is 0 Å². The van der Waals surface area contributed by atoms with E-state index in [0.717, 1.165) is 17.4 Å². The van der Waals surface area contributed by atoms with Gasteiger partial charge in [-0.3, -0.25) is 4.79 Å². The third-order valence-corrected chi connectivity index (χ3v) is 3.56. The van der Waals surface area contributed by atoms with Crippen molar-refractivity contribution in [2.75, 3.05) is 20.6 Å². The minimum absolute atomic E-state index is 0.141. The van der Waals surface area contributed by atoms with Gasteiger partial charge in [0.25, 0.3) is 0 Å². The number of hydrogen-bond donors (Lipinski definition) is 1. The normalized spacial score (nSPS) is 21.9. The Balaban J connectivity index is 1.85. The summed E-state index contributed by atoms with van der Waals surface area (Å²) in [5.41, 5.74) is 0. The molecule has 4 heteroatoms. The predicted molar refractivity (Wildman–Crippen MR) is 70.2 cm³/mol. The summed E-state index contributed by atoms with van der Waals surface area (Å²) >= 11 is 0. The molecule has 0 saturated heterocycles. The van der Waals surface area contributed by atoms with Crippen LogP contribution in [-0.2, 0) is 11.3 Å². The van der Waals surface area contributed by atoms with E-state index >= 15 is 0 Å². The summed E-state index contributed by atoms with van der Waals surface area (Å²) < 4.78 is 5.79. The minimum atomic E-state index is 0.141. The van der Waals surface area contributed by atoms with Crippen molar-refractivity contribution in [3.63, 3.8) is 0 Å². The van der Waals surface area contributed by atoms with Gasteiger partial charge in [0, 0.05) is 25.9 Å². The largest absolute Gasteiger partial charge is 0.464 e. The first-order chi connectivity index (χ1) is 8.61. The third kappa shape index (κ3) is 3.13. The van der Waals surface area contributed by atoms with Crippen molar-refractivity contribution in [2.45, 2.75) is 32.2 Å². The molecule has 1 aliphatic rings. The van der Waals surface area contributed by atoms with Gasteiger partial charge in [-0.05, 0) is 31.5 Å². The second kappa shape index (κ2) is 5.57. The molecule has 18 heavy (non-hydrogen) atoms. The Morgan fingerprint density at radius 2 is 2.28 bits per heavy atom. The molecule has 0 spiro atoms. The molecule has 1 N–H and O–H groups in total. The molecule has 1 fully saturated rings. The fraction of sp³-hybridized carbons (Fsp3) is 0.643. The summed E-state index contributed by atoms with van der Waals surface area (Å²) in [6.07, 6.45) is 1.75. The summed E-state index contributed by atoms with van der Waals surface area (Å²) in [5.74, 6) is 3.45. The highest BCUT2D eigenvalue weighted by Crippen LogP contribution is 2.47. The Labute approximate surface area is 108 Å². The first kappa shape index (κ1) is 13.1. The van der Waals surface area contributed by atoms with E-state index in [4.69, 9.17) is 4.42 Å². The first-order valence-electron chi connectivity index (χ1n) is 6.59. The maximum Gasteiger partial charge on any atom is 0.223 e. The van der Waals surface area contributed by atoms with E-state index in [1.54, 1.807) is 4.90 Å². The van der Waals surface area contributed by atoms with Gasteiger partial charge in [-0.25, -0.2) is 0 Å². The maximum absolute atomic E-state index is 11.8. The smallest absolute Gasteiger partial charge is 0.223 e. The highest BCUT2D eigenvalue weighted by molar-refractivity contribution is 5.75. The maximum atomic E-state index is 11.8. The number of amides is 1. The molecule has 2 rings (SSSR count). The molecule has 1 aromatic rings. The van der Waals surface area contributed by atoms with Gasteiger partial charge >= 0.3 is 0 Å². The molecular weight excluding hydrogens is 228 g/mol. The predicted octanol–water partition coefficient (Wildman–Crippen LogP) is 1.97. The molecule has 1 aliphatic carbocycles. The lowest BCUT2D eigenvalue weighted by Crippen LogP contribution is -2.28. The Morgan fingerprint density at radius 3 is 2.89 bits per heavy atom. The minimum Gasteiger partial charge on any atom is -0.464 e. The van der Waals surface area contributed by atoms with E-state index in [-0.39, 0.29) is 5.91 Å². The number of rotatable bonds is 6. The third-order valence-electron chi connectivity index (χ3n) is 3.56. The number of furan rings is 1. The van der Waals surface area contributed by atoms with E-state index in [1.165, 1.54) is 6.42 Å². The molecule has 0 bridgehead atoms. The zero-order valence-electron chi connectivity index (χ0n) is 11.4. The molecule has 1 heterocycles. The lowest BCUT2D eigenvalue weighted by Gasteiger charge is -2.15. The van der Waals surface area contributed by atoms with Crippen LogP contribution in [0.25, 0.3) is 0 Å². The Kier molecular flexibility index (Phi) is 4.07. The van der Waals surface area contributed by atoms with Gasteiger partial charge in [-0.15, -0.1) is 0 Å². The molecule has 1 saturated carbocycles. The van der Waals surface area contributed by atoms with Crippen LogP contribution >= 0.6 is 0 Å². The van der Waals surface area contributed by atoms with E-state index in [9.17, 15) is 4.79 Å². The van der Waals surface area contributed by atoms with Crippen LogP contribution in [0.15, 0.2) is 16.5 Å². The molecular formula is C14H22N2O2. The Morgan fingerprint density at radius 1 is 1.56 bits per heavy atom.